The van der Waals surface area contributed by atoms with Gasteiger partial charge in [-0.05, 0) is 61.9 Å². The molecule has 7 nitrogen and oxygen atoms in total. The number of benzene rings is 1. The quantitative estimate of drug-likeness (QED) is 0.469. The number of hydroxylamine groups is 1. The summed E-state index contributed by atoms with van der Waals surface area (Å²) in [6.45, 7) is 6.46. The van der Waals surface area contributed by atoms with Crippen LogP contribution in [0.25, 0.3) is 0 Å². The molecule has 1 N–H and O–H groups in total. The number of nitrogens with zero attached hydrogens (tertiary/aromatic N) is 2. The van der Waals surface area contributed by atoms with Crippen molar-refractivity contribution in [3.63, 3.8) is 0 Å². The van der Waals surface area contributed by atoms with Crippen LogP contribution in [0.3, 0.4) is 0 Å². The second-order valence-corrected chi connectivity index (χ2v) is 8.50. The minimum Gasteiger partial charge on any atom is -0.490 e. The number of rotatable bonds is 7. The molecule has 1 aromatic carbocycles. The lowest BCUT2D eigenvalue weighted by molar-refractivity contribution is -0.186. The fourth-order valence-corrected chi connectivity index (χ4v) is 4.57. The van der Waals surface area contributed by atoms with Crippen LogP contribution in [0.1, 0.15) is 56.3 Å². The summed E-state index contributed by atoms with van der Waals surface area (Å²) in [4.78, 5) is 23.0. The van der Waals surface area contributed by atoms with Crippen molar-refractivity contribution in [2.24, 2.45) is 0 Å². The van der Waals surface area contributed by atoms with Crippen molar-refractivity contribution < 1.29 is 19.1 Å². The summed E-state index contributed by atoms with van der Waals surface area (Å²) in [5, 5.41) is 0. The Balaban J connectivity index is 0.00000141. The van der Waals surface area contributed by atoms with E-state index in [1.807, 2.05) is 50.2 Å². The highest BCUT2D eigenvalue weighted by Gasteiger charge is 2.23. The number of amides is 1. The smallest absolute Gasteiger partial charge is 0.276 e. The maximum absolute atomic E-state index is 12.7. The average molecular weight is 460 g/mol. The zero-order valence-electron chi connectivity index (χ0n) is 18.9. The second-order valence-electron chi connectivity index (χ2n) is 7.36. The predicted molar refractivity (Wildman–Crippen MR) is 125 cm³/mol. The van der Waals surface area contributed by atoms with E-state index in [0.29, 0.717) is 12.2 Å². The van der Waals surface area contributed by atoms with Crippen molar-refractivity contribution >= 4 is 17.9 Å². The first-order valence-electron chi connectivity index (χ1n) is 11.4. The van der Waals surface area contributed by atoms with Crippen LogP contribution < -0.4 is 10.2 Å². The van der Waals surface area contributed by atoms with Crippen LogP contribution in [0.2, 0.25) is 0 Å². The maximum atomic E-state index is 12.7. The van der Waals surface area contributed by atoms with Crippen molar-refractivity contribution in [1.29, 1.82) is 0 Å². The lowest BCUT2D eigenvalue weighted by Gasteiger charge is -2.31. The van der Waals surface area contributed by atoms with Gasteiger partial charge in [-0.25, -0.2) is 14.6 Å². The van der Waals surface area contributed by atoms with Crippen molar-refractivity contribution in [3.8, 4) is 5.75 Å². The molecule has 1 amide bonds. The van der Waals surface area contributed by atoms with Gasteiger partial charge in [0.15, 0.2) is 6.29 Å². The lowest BCUT2D eigenvalue weighted by atomic mass is 10.1. The summed E-state index contributed by atoms with van der Waals surface area (Å²) in [5.41, 5.74) is 3.16. The van der Waals surface area contributed by atoms with Gasteiger partial charge >= 0.3 is 0 Å². The van der Waals surface area contributed by atoms with Crippen molar-refractivity contribution in [3.05, 3.63) is 54.4 Å². The molecule has 0 radical (unpaired) electrons. The molecule has 4 rings (SSSR count). The van der Waals surface area contributed by atoms with Crippen molar-refractivity contribution in [2.75, 3.05) is 19.7 Å². The third-order valence-corrected chi connectivity index (χ3v) is 6.31. The molecule has 2 aromatic rings. The zero-order valence-corrected chi connectivity index (χ0v) is 19.7. The molecule has 1 atom stereocenters. The number of piperidine rings is 1. The Morgan fingerprint density at radius 3 is 2.56 bits per heavy atom. The average Bonchev–Trinajstić information content (AvgIpc) is 2.87. The standard InChI is InChI=1S/C22H27N3O4S.C2H6/c26-22(24-29-21-7-3-4-16-27-21)19-5-1-2-6-20(19)30-25-14-10-18(11-15-25)28-17-8-12-23-13-9-17;1-2/h1-2,5-6,8-9,12-13,18,21H,3-4,7,10-11,14-16H2,(H,24,26);1-2H3. The normalized spacial score (nSPS) is 19.5. The highest BCUT2D eigenvalue weighted by Crippen LogP contribution is 2.30. The number of pyridine rings is 1. The van der Waals surface area contributed by atoms with Gasteiger partial charge in [-0.15, -0.1) is 0 Å². The third-order valence-electron chi connectivity index (χ3n) is 5.13. The summed E-state index contributed by atoms with van der Waals surface area (Å²) >= 11 is 1.61. The van der Waals surface area contributed by atoms with Gasteiger partial charge in [0.2, 0.25) is 0 Å². The monoisotopic (exact) mass is 459 g/mol. The summed E-state index contributed by atoms with van der Waals surface area (Å²) in [6.07, 6.45) is 8.09. The van der Waals surface area contributed by atoms with Gasteiger partial charge in [-0.2, -0.15) is 0 Å². The molecular weight excluding hydrogens is 426 g/mol. The van der Waals surface area contributed by atoms with E-state index in [1.165, 1.54) is 0 Å². The molecule has 8 heteroatoms. The first kappa shape index (κ1) is 24.5. The number of aromatic nitrogens is 1. The largest absolute Gasteiger partial charge is 0.490 e. The van der Waals surface area contributed by atoms with Crippen molar-refractivity contribution in [1.82, 2.24) is 14.8 Å². The Morgan fingerprint density at radius 2 is 1.84 bits per heavy atom. The number of ether oxygens (including phenoxy) is 2. The number of carbonyl (C=O) groups excluding carboxylic acids is 1. The molecular formula is C24H33N3O4S. The Kier molecular flexibility index (Phi) is 10.3. The summed E-state index contributed by atoms with van der Waals surface area (Å²) in [7, 11) is 0. The minimum atomic E-state index is -0.359. The Labute approximate surface area is 194 Å². The number of hydrogen-bond acceptors (Lipinski definition) is 7. The van der Waals surface area contributed by atoms with E-state index < -0.39 is 0 Å². The first-order valence-corrected chi connectivity index (χ1v) is 12.2. The number of carbonyl (C=O) groups is 1. The molecule has 174 valence electrons. The second kappa shape index (κ2) is 13.4. The molecule has 2 fully saturated rings. The van der Waals surface area contributed by atoms with Gasteiger partial charge in [-0.1, -0.05) is 26.0 Å². The maximum Gasteiger partial charge on any atom is 0.276 e. The first-order chi connectivity index (χ1) is 15.8. The van der Waals surface area contributed by atoms with E-state index in [-0.39, 0.29) is 18.3 Å². The van der Waals surface area contributed by atoms with Crippen LogP contribution in [0, 0.1) is 0 Å². The Bertz CT molecular complexity index is 810. The van der Waals surface area contributed by atoms with Gasteiger partial charge in [0.25, 0.3) is 5.91 Å². The van der Waals surface area contributed by atoms with Gasteiger partial charge in [-0.3, -0.25) is 9.78 Å². The summed E-state index contributed by atoms with van der Waals surface area (Å²) in [5.74, 6) is 0.614. The highest BCUT2D eigenvalue weighted by atomic mass is 32.2. The molecule has 2 aliphatic rings. The third kappa shape index (κ3) is 7.48. The van der Waals surface area contributed by atoms with E-state index in [2.05, 4.69) is 14.8 Å². The Morgan fingerprint density at radius 1 is 1.09 bits per heavy atom. The van der Waals surface area contributed by atoms with Gasteiger partial charge in [0, 0.05) is 43.4 Å². The van der Waals surface area contributed by atoms with Crippen LogP contribution in [0.4, 0.5) is 0 Å². The molecule has 2 aliphatic heterocycles. The van der Waals surface area contributed by atoms with Crippen molar-refractivity contribution in [2.45, 2.75) is 63.2 Å². The fraction of sp³-hybridized carbons (Fsp3) is 0.500. The van der Waals surface area contributed by atoms with Crippen LogP contribution in [-0.4, -0.2) is 47.3 Å². The summed E-state index contributed by atoms with van der Waals surface area (Å²) in [6, 6.07) is 11.4. The topological polar surface area (TPSA) is 72.9 Å². The van der Waals surface area contributed by atoms with E-state index in [4.69, 9.17) is 14.3 Å². The summed E-state index contributed by atoms with van der Waals surface area (Å²) < 4.78 is 13.8. The number of nitrogens with one attached hydrogen (secondary N) is 1. The van der Waals surface area contributed by atoms with Crippen LogP contribution in [-0.2, 0) is 9.57 Å². The molecule has 32 heavy (non-hydrogen) atoms. The molecule has 3 heterocycles. The molecule has 0 saturated carbocycles. The zero-order chi connectivity index (χ0) is 22.6. The van der Waals surface area contributed by atoms with Crippen LogP contribution in [0.5, 0.6) is 5.75 Å². The number of hydrogen-bond donors (Lipinski definition) is 1. The van der Waals surface area contributed by atoms with Gasteiger partial charge in [0.05, 0.1) is 5.56 Å². The highest BCUT2D eigenvalue weighted by molar-refractivity contribution is 7.97. The van der Waals surface area contributed by atoms with Gasteiger partial charge < -0.3 is 9.47 Å². The lowest BCUT2D eigenvalue weighted by Crippen LogP contribution is -2.35. The molecule has 2 saturated heterocycles. The van der Waals surface area contributed by atoms with E-state index in [0.717, 1.165) is 55.8 Å². The van der Waals surface area contributed by atoms with Crippen LogP contribution >= 0.6 is 11.9 Å². The molecule has 1 aromatic heterocycles. The van der Waals surface area contributed by atoms with E-state index in [1.54, 1.807) is 24.3 Å². The van der Waals surface area contributed by atoms with Crippen LogP contribution in [0.15, 0.2) is 53.7 Å². The molecule has 0 bridgehead atoms. The van der Waals surface area contributed by atoms with E-state index >= 15 is 0 Å². The molecule has 0 aliphatic carbocycles. The Hall–Kier alpha value is -2.13. The molecule has 0 spiro atoms. The fourth-order valence-electron chi connectivity index (χ4n) is 3.50. The minimum absolute atomic E-state index is 0.201. The molecule has 1 unspecified atom stereocenters. The van der Waals surface area contributed by atoms with Gasteiger partial charge in [0.1, 0.15) is 11.9 Å². The SMILES string of the molecule is CC.O=C(NOC1CCCCO1)c1ccccc1SN1CCC(Oc2ccncc2)CC1. The van der Waals surface area contributed by atoms with E-state index in [9.17, 15) is 4.79 Å². The predicted octanol–water partition coefficient (Wildman–Crippen LogP) is 4.85.